The number of H-pyrrole nitrogens is 1. The lowest BCUT2D eigenvalue weighted by molar-refractivity contribution is -0.141. The molecule has 0 unspecified atom stereocenters. The molecule has 2 aromatic carbocycles. The summed E-state index contributed by atoms with van der Waals surface area (Å²) in [6.07, 6.45) is -0.145. The molecule has 0 saturated heterocycles. The number of para-hydroxylation sites is 2. The average molecular weight is 511 g/mol. The van der Waals surface area contributed by atoms with Crippen molar-refractivity contribution in [1.29, 1.82) is 5.26 Å². The standard InChI is InChI=1S/C10H8N4OS.C7H7N3S.C5H7NO2/c11-8-5-9(15)13-14(8)10-12-6-3-1-2-4-7(6)16-10;8-10-7-9-5-3-1-2-4-6(5)11-7;1-2-8-5(7)3-4-6/h1-5H,11H2,(H,13,15);1-4H,8H2,(H,9,10);2-3H2,1H3. The number of thiazole rings is 2. The minimum atomic E-state index is -0.449. The van der Waals surface area contributed by atoms with Crippen LogP contribution in [0.4, 0.5) is 10.9 Å². The molecule has 0 spiro atoms. The summed E-state index contributed by atoms with van der Waals surface area (Å²) in [5.41, 5.74) is 9.88. The van der Waals surface area contributed by atoms with E-state index >= 15 is 0 Å². The fourth-order valence-corrected chi connectivity index (χ4v) is 4.45. The molecule has 3 aromatic heterocycles. The molecule has 0 fully saturated rings. The summed E-state index contributed by atoms with van der Waals surface area (Å²) in [6, 6.07) is 18.7. The van der Waals surface area contributed by atoms with Crippen LogP contribution in [0.5, 0.6) is 0 Å². The fourth-order valence-electron chi connectivity index (χ4n) is 2.73. The van der Waals surface area contributed by atoms with Crippen LogP contribution < -0.4 is 22.6 Å². The Balaban J connectivity index is 0.000000158. The minimum Gasteiger partial charge on any atom is -0.465 e. The number of hydrogen-bond donors (Lipinski definition) is 4. The van der Waals surface area contributed by atoms with E-state index < -0.39 is 5.97 Å². The number of carbonyl (C=O) groups excluding carboxylic acids is 1. The number of nitrogen functional groups attached to an aromatic ring is 2. The van der Waals surface area contributed by atoms with Gasteiger partial charge in [0.1, 0.15) is 12.2 Å². The number of nitriles is 1. The molecule has 35 heavy (non-hydrogen) atoms. The number of fused-ring (bicyclic) bond motifs is 2. The van der Waals surface area contributed by atoms with Crippen molar-refractivity contribution in [3.63, 3.8) is 0 Å². The number of anilines is 2. The Morgan fingerprint density at radius 2 is 1.77 bits per heavy atom. The Kier molecular flexibility index (Phi) is 8.90. The topological polar surface area (TPSA) is 178 Å². The van der Waals surface area contributed by atoms with Crippen LogP contribution in [0.3, 0.4) is 0 Å². The monoisotopic (exact) mass is 510 g/mol. The first-order chi connectivity index (χ1) is 16.9. The summed E-state index contributed by atoms with van der Waals surface area (Å²) in [7, 11) is 0. The Bertz CT molecular complexity index is 1450. The molecule has 0 aliphatic heterocycles. The van der Waals surface area contributed by atoms with Gasteiger partial charge in [0, 0.05) is 6.07 Å². The summed E-state index contributed by atoms with van der Waals surface area (Å²) in [6.45, 7) is 2.05. The molecule has 0 aliphatic rings. The Morgan fingerprint density at radius 1 is 1.14 bits per heavy atom. The van der Waals surface area contributed by atoms with Crippen LogP contribution in [0.2, 0.25) is 0 Å². The molecule has 11 nitrogen and oxygen atoms in total. The summed E-state index contributed by atoms with van der Waals surface area (Å²) in [5.74, 6) is 5.13. The highest BCUT2D eigenvalue weighted by Crippen LogP contribution is 2.25. The Labute approximate surface area is 207 Å². The molecule has 3 heterocycles. The van der Waals surface area contributed by atoms with Gasteiger partial charge in [-0.25, -0.2) is 20.5 Å². The number of esters is 1. The zero-order valence-electron chi connectivity index (χ0n) is 18.6. The number of aromatic nitrogens is 4. The van der Waals surface area contributed by atoms with E-state index in [1.165, 1.54) is 22.1 Å². The van der Waals surface area contributed by atoms with Gasteiger partial charge in [-0.2, -0.15) is 5.26 Å². The van der Waals surface area contributed by atoms with Gasteiger partial charge in [-0.1, -0.05) is 46.9 Å². The second-order valence-electron chi connectivity index (χ2n) is 6.62. The number of hydrogen-bond acceptors (Lipinski definition) is 11. The lowest BCUT2D eigenvalue weighted by atomic mass is 10.3. The SMILES string of the molecule is CCOC(=O)CC#N.NNc1nc2ccccc2s1.Nc1cc(=O)[nH]n1-c1nc2ccccc2s1. The van der Waals surface area contributed by atoms with Gasteiger partial charge < -0.3 is 10.5 Å². The summed E-state index contributed by atoms with van der Waals surface area (Å²) in [5, 5.41) is 11.9. The summed E-state index contributed by atoms with van der Waals surface area (Å²) in [4.78, 5) is 29.9. The first-order valence-corrected chi connectivity index (χ1v) is 11.9. The third-order valence-electron chi connectivity index (χ3n) is 4.18. The van der Waals surface area contributed by atoms with Gasteiger partial charge in [0.25, 0.3) is 5.56 Å². The zero-order chi connectivity index (χ0) is 25.2. The molecule has 13 heteroatoms. The molecular weight excluding hydrogens is 488 g/mol. The quantitative estimate of drug-likeness (QED) is 0.160. The molecule has 180 valence electrons. The van der Waals surface area contributed by atoms with Crippen molar-refractivity contribution in [1.82, 2.24) is 19.7 Å². The van der Waals surface area contributed by atoms with Gasteiger partial charge in [-0.15, -0.1) is 0 Å². The second kappa shape index (κ2) is 12.3. The van der Waals surface area contributed by atoms with E-state index in [9.17, 15) is 9.59 Å². The van der Waals surface area contributed by atoms with E-state index in [-0.39, 0.29) is 12.0 Å². The Hall–Kier alpha value is -4.25. The maximum atomic E-state index is 11.1. The van der Waals surface area contributed by atoms with Crippen LogP contribution in [0.1, 0.15) is 13.3 Å². The highest BCUT2D eigenvalue weighted by molar-refractivity contribution is 7.22. The first kappa shape index (κ1) is 25.4. The number of hydrazine groups is 1. The number of rotatable bonds is 4. The van der Waals surface area contributed by atoms with Crippen LogP contribution >= 0.6 is 22.7 Å². The van der Waals surface area contributed by atoms with Crippen LogP contribution in [-0.2, 0) is 9.53 Å². The number of nitrogens with zero attached hydrogens (tertiary/aromatic N) is 4. The lowest BCUT2D eigenvalue weighted by Crippen LogP contribution is -2.05. The zero-order valence-corrected chi connectivity index (χ0v) is 20.2. The maximum Gasteiger partial charge on any atom is 0.320 e. The predicted molar refractivity (Wildman–Crippen MR) is 138 cm³/mol. The summed E-state index contributed by atoms with van der Waals surface area (Å²) >= 11 is 3.03. The van der Waals surface area contributed by atoms with Crippen molar-refractivity contribution in [3.05, 3.63) is 65.0 Å². The molecule has 0 radical (unpaired) electrons. The van der Waals surface area contributed by atoms with Gasteiger partial charge >= 0.3 is 5.97 Å². The van der Waals surface area contributed by atoms with Crippen molar-refractivity contribution in [2.24, 2.45) is 5.84 Å². The molecular formula is C22H22N8O3S2. The lowest BCUT2D eigenvalue weighted by Gasteiger charge is -1.97. The largest absolute Gasteiger partial charge is 0.465 e. The Morgan fingerprint density at radius 3 is 2.29 bits per heavy atom. The number of carbonyl (C=O) groups is 1. The molecule has 6 N–H and O–H groups in total. The van der Waals surface area contributed by atoms with Crippen LogP contribution in [-0.4, -0.2) is 32.3 Å². The van der Waals surface area contributed by atoms with Crippen molar-refractivity contribution in [2.75, 3.05) is 17.8 Å². The number of nitrogens with two attached hydrogens (primary N) is 2. The summed E-state index contributed by atoms with van der Waals surface area (Å²) < 4.78 is 8.13. The van der Waals surface area contributed by atoms with E-state index in [0.29, 0.717) is 17.6 Å². The third kappa shape index (κ3) is 6.87. The van der Waals surface area contributed by atoms with Crippen molar-refractivity contribution in [2.45, 2.75) is 13.3 Å². The van der Waals surface area contributed by atoms with Crippen molar-refractivity contribution < 1.29 is 9.53 Å². The molecule has 0 aliphatic carbocycles. The molecule has 0 bridgehead atoms. The van der Waals surface area contributed by atoms with Gasteiger partial charge in [0.05, 0.1) is 33.1 Å². The maximum absolute atomic E-state index is 11.1. The number of ether oxygens (including phenoxy) is 1. The smallest absolute Gasteiger partial charge is 0.320 e. The second-order valence-corrected chi connectivity index (χ2v) is 8.66. The van der Waals surface area contributed by atoms with Gasteiger partial charge in [0.2, 0.25) is 5.13 Å². The fraction of sp³-hybridized carbons (Fsp3) is 0.136. The molecule has 5 aromatic rings. The first-order valence-electron chi connectivity index (χ1n) is 10.2. The van der Waals surface area contributed by atoms with Crippen LogP contribution in [0.15, 0.2) is 59.4 Å². The molecule has 5 rings (SSSR count). The normalized spacial score (nSPS) is 9.97. The molecule has 0 atom stereocenters. The highest BCUT2D eigenvalue weighted by atomic mass is 32.1. The van der Waals surface area contributed by atoms with Crippen molar-refractivity contribution >= 4 is 60.0 Å². The highest BCUT2D eigenvalue weighted by Gasteiger charge is 2.08. The van der Waals surface area contributed by atoms with Crippen LogP contribution in [0.25, 0.3) is 25.6 Å². The van der Waals surface area contributed by atoms with E-state index in [1.807, 2.05) is 48.5 Å². The van der Waals surface area contributed by atoms with Crippen molar-refractivity contribution in [3.8, 4) is 11.2 Å². The number of aromatic amines is 1. The molecule has 0 saturated carbocycles. The van der Waals surface area contributed by atoms with Crippen LogP contribution in [0, 0.1) is 11.3 Å². The van der Waals surface area contributed by atoms with E-state index in [4.69, 9.17) is 16.8 Å². The van der Waals surface area contributed by atoms with E-state index in [2.05, 4.69) is 25.2 Å². The average Bonchev–Trinajstić information content (AvgIpc) is 3.55. The predicted octanol–water partition coefficient (Wildman–Crippen LogP) is 3.40. The van der Waals surface area contributed by atoms with E-state index in [0.717, 1.165) is 25.6 Å². The van der Waals surface area contributed by atoms with E-state index in [1.54, 1.807) is 24.3 Å². The van der Waals surface area contributed by atoms with Gasteiger partial charge in [-0.3, -0.25) is 20.1 Å². The molecule has 0 amide bonds. The van der Waals surface area contributed by atoms with Gasteiger partial charge in [-0.05, 0) is 31.2 Å². The number of nitrogens with one attached hydrogen (secondary N) is 2. The minimum absolute atomic E-state index is 0.145. The van der Waals surface area contributed by atoms with Gasteiger partial charge in [0.15, 0.2) is 5.13 Å². The third-order valence-corrected chi connectivity index (χ3v) is 6.17. The number of benzene rings is 2.